The molecule has 0 aromatic carbocycles. The third-order valence-electron chi connectivity index (χ3n) is 5.18. The molecule has 2 amide bonds. The summed E-state index contributed by atoms with van der Waals surface area (Å²) in [5.74, 6) is 1.81. The van der Waals surface area contributed by atoms with Gasteiger partial charge >= 0.3 is 6.03 Å². The number of nitrogens with one attached hydrogen (secondary N) is 1. The molecule has 2 N–H and O–H groups in total. The van der Waals surface area contributed by atoms with Crippen LogP contribution in [0.25, 0.3) is 0 Å². The number of likely N-dealkylation sites (tertiary alicyclic amines) is 1. The predicted molar refractivity (Wildman–Crippen MR) is 73.8 cm³/mol. The van der Waals surface area contributed by atoms with E-state index in [2.05, 4.69) is 5.32 Å². The van der Waals surface area contributed by atoms with Gasteiger partial charge in [0, 0.05) is 12.6 Å². The number of amides is 2. The van der Waals surface area contributed by atoms with E-state index in [0.29, 0.717) is 6.04 Å². The van der Waals surface area contributed by atoms with E-state index in [1.54, 1.807) is 0 Å². The van der Waals surface area contributed by atoms with Gasteiger partial charge in [0.05, 0.1) is 12.6 Å². The first-order valence-corrected chi connectivity index (χ1v) is 7.96. The van der Waals surface area contributed by atoms with Gasteiger partial charge in [-0.15, -0.1) is 0 Å². The molecule has 4 heteroatoms. The second-order valence-corrected chi connectivity index (χ2v) is 6.58. The minimum Gasteiger partial charge on any atom is -0.394 e. The van der Waals surface area contributed by atoms with Gasteiger partial charge in [0.2, 0.25) is 0 Å². The molecule has 108 valence electrons. The maximum atomic E-state index is 12.3. The highest BCUT2D eigenvalue weighted by Crippen LogP contribution is 2.43. The van der Waals surface area contributed by atoms with Gasteiger partial charge in [0.15, 0.2) is 0 Å². The van der Waals surface area contributed by atoms with Crippen molar-refractivity contribution in [3.05, 3.63) is 0 Å². The number of hydrogen-bond acceptors (Lipinski definition) is 2. The Morgan fingerprint density at radius 3 is 2.68 bits per heavy atom. The Kier molecular flexibility index (Phi) is 3.96. The van der Waals surface area contributed by atoms with E-state index in [1.165, 1.54) is 32.1 Å². The Bertz CT molecular complexity index is 330. The molecule has 1 heterocycles. The van der Waals surface area contributed by atoms with E-state index in [9.17, 15) is 9.90 Å². The Balaban J connectivity index is 1.50. The Labute approximate surface area is 115 Å². The maximum absolute atomic E-state index is 12.3. The third kappa shape index (κ3) is 3.04. The standard InChI is InChI=1S/C15H26N2O2/c18-10-14-5-2-8-17(14)15(19)16-13-4-1-3-12(9-13)11-6-7-11/h11-14,18H,1-10H2,(H,16,19)/t12?,13?,14-/m0/s1. The first kappa shape index (κ1) is 13.2. The van der Waals surface area contributed by atoms with Crippen LogP contribution >= 0.6 is 0 Å². The molecule has 0 aromatic rings. The smallest absolute Gasteiger partial charge is 0.317 e. The second kappa shape index (κ2) is 5.70. The van der Waals surface area contributed by atoms with Crippen LogP contribution < -0.4 is 5.32 Å². The number of aliphatic hydroxyl groups is 1. The van der Waals surface area contributed by atoms with E-state index in [0.717, 1.165) is 37.6 Å². The molecular formula is C15H26N2O2. The van der Waals surface area contributed by atoms with E-state index >= 15 is 0 Å². The molecular weight excluding hydrogens is 240 g/mol. The maximum Gasteiger partial charge on any atom is 0.317 e. The van der Waals surface area contributed by atoms with Crippen molar-refractivity contribution in [3.8, 4) is 0 Å². The van der Waals surface area contributed by atoms with Gasteiger partial charge in [-0.3, -0.25) is 0 Å². The summed E-state index contributed by atoms with van der Waals surface area (Å²) >= 11 is 0. The highest BCUT2D eigenvalue weighted by atomic mass is 16.3. The molecule has 1 saturated heterocycles. The topological polar surface area (TPSA) is 52.6 Å². The molecule has 3 atom stereocenters. The average molecular weight is 266 g/mol. The minimum absolute atomic E-state index is 0.0443. The number of hydrogen-bond donors (Lipinski definition) is 2. The van der Waals surface area contributed by atoms with Gasteiger partial charge in [-0.25, -0.2) is 4.79 Å². The molecule has 4 nitrogen and oxygen atoms in total. The molecule has 0 radical (unpaired) electrons. The van der Waals surface area contributed by atoms with Crippen LogP contribution in [0.2, 0.25) is 0 Å². The number of aliphatic hydroxyl groups excluding tert-OH is 1. The number of carbonyl (C=O) groups excluding carboxylic acids is 1. The Morgan fingerprint density at radius 1 is 1.11 bits per heavy atom. The monoisotopic (exact) mass is 266 g/mol. The fourth-order valence-electron chi connectivity index (χ4n) is 3.90. The molecule has 2 aliphatic carbocycles. The highest BCUT2D eigenvalue weighted by Gasteiger charge is 2.36. The molecule has 3 rings (SSSR count). The summed E-state index contributed by atoms with van der Waals surface area (Å²) in [5, 5.41) is 12.5. The molecule has 3 aliphatic rings. The minimum atomic E-state index is 0.0443. The molecule has 19 heavy (non-hydrogen) atoms. The molecule has 2 saturated carbocycles. The van der Waals surface area contributed by atoms with Crippen LogP contribution in [0.3, 0.4) is 0 Å². The molecule has 2 unspecified atom stereocenters. The molecule has 0 bridgehead atoms. The molecule has 0 aromatic heterocycles. The van der Waals surface area contributed by atoms with E-state index in [4.69, 9.17) is 0 Å². The summed E-state index contributed by atoms with van der Waals surface area (Å²) in [6.45, 7) is 0.901. The van der Waals surface area contributed by atoms with Crippen LogP contribution in [0.5, 0.6) is 0 Å². The van der Waals surface area contributed by atoms with Crippen molar-refractivity contribution >= 4 is 6.03 Å². The Hall–Kier alpha value is -0.770. The summed E-state index contributed by atoms with van der Waals surface area (Å²) in [6, 6.07) is 0.465. The Morgan fingerprint density at radius 2 is 1.95 bits per heavy atom. The highest BCUT2D eigenvalue weighted by molar-refractivity contribution is 5.75. The first-order valence-electron chi connectivity index (χ1n) is 7.96. The summed E-state index contributed by atoms with van der Waals surface area (Å²) in [7, 11) is 0. The number of nitrogens with zero attached hydrogens (tertiary/aromatic N) is 1. The van der Waals surface area contributed by atoms with Crippen LogP contribution in [-0.4, -0.2) is 41.3 Å². The number of carbonyl (C=O) groups is 1. The zero-order chi connectivity index (χ0) is 13.2. The van der Waals surface area contributed by atoms with Crippen molar-refractivity contribution in [2.75, 3.05) is 13.2 Å². The number of rotatable bonds is 3. The van der Waals surface area contributed by atoms with Crippen LogP contribution in [-0.2, 0) is 0 Å². The molecule has 1 aliphatic heterocycles. The molecule has 0 spiro atoms. The van der Waals surface area contributed by atoms with E-state index < -0.39 is 0 Å². The van der Waals surface area contributed by atoms with Gasteiger partial charge in [0.1, 0.15) is 0 Å². The van der Waals surface area contributed by atoms with Crippen molar-refractivity contribution in [2.45, 2.75) is 63.5 Å². The average Bonchev–Trinajstić information content (AvgIpc) is 3.16. The van der Waals surface area contributed by atoms with Gasteiger partial charge in [-0.1, -0.05) is 12.8 Å². The normalized spacial score (nSPS) is 35.4. The fourth-order valence-corrected chi connectivity index (χ4v) is 3.90. The van der Waals surface area contributed by atoms with Gasteiger partial charge in [-0.05, 0) is 50.4 Å². The van der Waals surface area contributed by atoms with Gasteiger partial charge < -0.3 is 15.3 Å². The summed E-state index contributed by atoms with van der Waals surface area (Å²) in [4.78, 5) is 14.1. The van der Waals surface area contributed by atoms with E-state index in [1.807, 2.05) is 4.90 Å². The van der Waals surface area contributed by atoms with Crippen LogP contribution in [0.4, 0.5) is 4.79 Å². The lowest BCUT2D eigenvalue weighted by Crippen LogP contribution is -2.49. The zero-order valence-electron chi connectivity index (χ0n) is 11.7. The SMILES string of the molecule is O=C(NC1CCCC(C2CC2)C1)N1CCC[C@H]1CO. The van der Waals surface area contributed by atoms with Crippen LogP contribution in [0, 0.1) is 11.8 Å². The summed E-state index contributed by atoms with van der Waals surface area (Å²) < 4.78 is 0. The fraction of sp³-hybridized carbons (Fsp3) is 0.933. The lowest BCUT2D eigenvalue weighted by Gasteiger charge is -2.32. The summed E-state index contributed by atoms with van der Waals surface area (Å²) in [6.07, 6.45) is 9.71. The zero-order valence-corrected chi connectivity index (χ0v) is 11.7. The largest absolute Gasteiger partial charge is 0.394 e. The van der Waals surface area contributed by atoms with Crippen molar-refractivity contribution < 1.29 is 9.90 Å². The molecule has 3 fully saturated rings. The van der Waals surface area contributed by atoms with Crippen LogP contribution in [0.15, 0.2) is 0 Å². The van der Waals surface area contributed by atoms with Crippen molar-refractivity contribution in [3.63, 3.8) is 0 Å². The van der Waals surface area contributed by atoms with Crippen molar-refractivity contribution in [2.24, 2.45) is 11.8 Å². The lowest BCUT2D eigenvalue weighted by atomic mass is 9.83. The van der Waals surface area contributed by atoms with Crippen LogP contribution in [0.1, 0.15) is 51.4 Å². The van der Waals surface area contributed by atoms with Gasteiger partial charge in [0.25, 0.3) is 0 Å². The second-order valence-electron chi connectivity index (χ2n) is 6.58. The first-order chi connectivity index (χ1) is 9.28. The quantitative estimate of drug-likeness (QED) is 0.822. The number of urea groups is 1. The summed E-state index contributed by atoms with van der Waals surface area (Å²) in [5.41, 5.74) is 0. The third-order valence-corrected chi connectivity index (χ3v) is 5.18. The van der Waals surface area contributed by atoms with Crippen molar-refractivity contribution in [1.29, 1.82) is 0 Å². The van der Waals surface area contributed by atoms with Gasteiger partial charge in [-0.2, -0.15) is 0 Å². The van der Waals surface area contributed by atoms with E-state index in [-0.39, 0.29) is 18.7 Å². The predicted octanol–water partition coefficient (Wildman–Crippen LogP) is 2.12. The van der Waals surface area contributed by atoms with Crippen molar-refractivity contribution in [1.82, 2.24) is 10.2 Å². The lowest BCUT2D eigenvalue weighted by molar-refractivity contribution is 0.149.